The summed E-state index contributed by atoms with van der Waals surface area (Å²) in [6.45, 7) is 24.5. The van der Waals surface area contributed by atoms with Gasteiger partial charge in [-0.1, -0.05) is 59.8 Å². The van der Waals surface area contributed by atoms with Crippen LogP contribution in [0, 0.1) is 0 Å². The lowest BCUT2D eigenvalue weighted by atomic mass is 10.1. The Morgan fingerprint density at radius 2 is 1.86 bits per heavy atom. The summed E-state index contributed by atoms with van der Waals surface area (Å²) in [6.07, 6.45) is 7.00. The smallest absolute Gasteiger partial charge is 0.154 e. The van der Waals surface area contributed by atoms with E-state index in [2.05, 4.69) is 60.7 Å². The third-order valence-corrected chi connectivity index (χ3v) is 5.74. The molecule has 0 aliphatic carbocycles. The average molecular weight is 478 g/mol. The molecule has 1 fully saturated rings. The van der Waals surface area contributed by atoms with Crippen molar-refractivity contribution >= 4 is 22.9 Å². The van der Waals surface area contributed by atoms with Gasteiger partial charge in [-0.3, -0.25) is 9.88 Å². The molecule has 1 N–H and O–H groups in total. The van der Waals surface area contributed by atoms with Crippen LogP contribution < -0.4 is 5.32 Å². The lowest BCUT2D eigenvalue weighted by Crippen LogP contribution is -2.26. The van der Waals surface area contributed by atoms with Crippen LogP contribution in [0.2, 0.25) is 0 Å². The molecule has 5 heteroatoms. The molecule has 0 radical (unpaired) electrons. The summed E-state index contributed by atoms with van der Waals surface area (Å²) in [5.74, 6) is 1.64. The normalized spacial score (nSPS) is 16.9. The second kappa shape index (κ2) is 16.0. The Kier molecular flexibility index (Phi) is 13.8. The van der Waals surface area contributed by atoms with Crippen LogP contribution in [0.15, 0.2) is 53.7 Å². The maximum absolute atomic E-state index is 4.83. The van der Waals surface area contributed by atoms with E-state index in [0.717, 1.165) is 40.8 Å². The zero-order valence-corrected chi connectivity index (χ0v) is 23.6. The molecule has 1 saturated heterocycles. The fourth-order valence-electron chi connectivity index (χ4n) is 4.11. The number of aliphatic imine (C=N–C) groups is 1. The van der Waals surface area contributed by atoms with E-state index in [4.69, 9.17) is 9.98 Å². The van der Waals surface area contributed by atoms with E-state index in [1.54, 1.807) is 0 Å². The highest BCUT2D eigenvalue weighted by atomic mass is 15.2. The summed E-state index contributed by atoms with van der Waals surface area (Å²) in [7, 11) is 0. The van der Waals surface area contributed by atoms with Gasteiger partial charge in [0.1, 0.15) is 5.84 Å². The number of hydrogen-bond donors (Lipinski definition) is 1. The summed E-state index contributed by atoms with van der Waals surface area (Å²) < 4.78 is 0. The molecule has 0 aromatic carbocycles. The first-order valence-electron chi connectivity index (χ1n) is 13.4. The number of hydrogen-bond acceptors (Lipinski definition) is 4. The van der Waals surface area contributed by atoms with Crippen LogP contribution in [-0.2, 0) is 13.0 Å². The number of anilines is 1. The van der Waals surface area contributed by atoms with Crippen molar-refractivity contribution in [1.82, 2.24) is 14.9 Å². The fourth-order valence-corrected chi connectivity index (χ4v) is 4.11. The lowest BCUT2D eigenvalue weighted by Gasteiger charge is -2.20. The van der Waals surface area contributed by atoms with Gasteiger partial charge >= 0.3 is 0 Å². The van der Waals surface area contributed by atoms with Crippen molar-refractivity contribution in [3.05, 3.63) is 65.6 Å². The zero-order valence-electron chi connectivity index (χ0n) is 23.6. The van der Waals surface area contributed by atoms with Crippen molar-refractivity contribution in [3.8, 4) is 0 Å². The minimum Gasteiger partial charge on any atom is -0.342 e. The first-order valence-corrected chi connectivity index (χ1v) is 13.4. The van der Waals surface area contributed by atoms with Gasteiger partial charge in [-0.05, 0) is 75.6 Å². The quantitative estimate of drug-likeness (QED) is 0.441. The van der Waals surface area contributed by atoms with Crippen LogP contribution >= 0.6 is 0 Å². The van der Waals surface area contributed by atoms with E-state index < -0.39 is 0 Å². The number of nitrogens with one attached hydrogen (secondary N) is 1. The molecule has 1 atom stereocenters. The Morgan fingerprint density at radius 3 is 2.46 bits per heavy atom. The van der Waals surface area contributed by atoms with Crippen molar-refractivity contribution in [2.45, 2.75) is 94.2 Å². The fraction of sp³-hybridized carbons (Fsp3) is 0.500. The molecule has 4 heterocycles. The molecule has 4 rings (SSSR count). The number of aromatic nitrogens is 2. The van der Waals surface area contributed by atoms with Crippen LogP contribution in [0.3, 0.4) is 0 Å². The number of nitrogens with zero attached hydrogens (tertiary/aromatic N) is 4. The average Bonchev–Trinajstić information content (AvgIpc) is 3.48. The molecule has 0 saturated carbocycles. The molecule has 2 aliphatic rings. The van der Waals surface area contributed by atoms with E-state index >= 15 is 0 Å². The van der Waals surface area contributed by atoms with Crippen LogP contribution in [0.1, 0.15) is 92.1 Å². The highest BCUT2D eigenvalue weighted by Gasteiger charge is 2.21. The van der Waals surface area contributed by atoms with Crippen molar-refractivity contribution in [1.29, 1.82) is 0 Å². The standard InChI is InChI=1S/C24H29N5.3C2H6/c1-5-19(16(2)3)20-8-9-21-22(26-20)14-24(27-21)28-23-13-18(10-11-25-23)15-29-12-6-7-17(29)4;3*1-2/h5,8-11,13,17H,1,6-7,12,14-15H2,2-4H3,(H,25,27,28);3*1-2H3. The van der Waals surface area contributed by atoms with Crippen LogP contribution in [0.25, 0.3) is 5.57 Å². The molecule has 1 unspecified atom stereocenters. The summed E-state index contributed by atoms with van der Waals surface area (Å²) in [4.78, 5) is 16.6. The van der Waals surface area contributed by atoms with Gasteiger partial charge in [0.15, 0.2) is 5.82 Å². The minimum atomic E-state index is 0.658. The van der Waals surface area contributed by atoms with Gasteiger partial charge in [-0.25, -0.2) is 9.98 Å². The van der Waals surface area contributed by atoms with Gasteiger partial charge in [0.05, 0.1) is 23.5 Å². The molecular weight excluding hydrogens is 430 g/mol. The van der Waals surface area contributed by atoms with Crippen LogP contribution in [0.4, 0.5) is 11.5 Å². The lowest BCUT2D eigenvalue weighted by molar-refractivity contribution is 0.260. The Hall–Kier alpha value is -2.79. The number of amidine groups is 1. The maximum atomic E-state index is 4.83. The molecule has 192 valence electrons. The third kappa shape index (κ3) is 8.43. The Labute approximate surface area is 214 Å². The predicted octanol–water partition coefficient (Wildman–Crippen LogP) is 8.22. The van der Waals surface area contributed by atoms with E-state index in [0.29, 0.717) is 12.5 Å². The Morgan fingerprint density at radius 1 is 1.14 bits per heavy atom. The van der Waals surface area contributed by atoms with Gasteiger partial charge in [0.25, 0.3) is 0 Å². The zero-order chi connectivity index (χ0) is 26.4. The number of fused-ring (bicyclic) bond motifs is 1. The number of rotatable bonds is 5. The summed E-state index contributed by atoms with van der Waals surface area (Å²) >= 11 is 0. The number of allylic oxidation sites excluding steroid dienone is 3. The molecule has 35 heavy (non-hydrogen) atoms. The molecule has 2 aliphatic heterocycles. The minimum absolute atomic E-state index is 0.658. The van der Waals surface area contributed by atoms with Gasteiger partial charge in [0, 0.05) is 18.8 Å². The second-order valence-electron chi connectivity index (χ2n) is 8.15. The third-order valence-electron chi connectivity index (χ3n) is 5.74. The molecule has 2 aromatic heterocycles. The van der Waals surface area contributed by atoms with Crippen molar-refractivity contribution in [2.24, 2.45) is 4.99 Å². The molecule has 0 spiro atoms. The molecular formula is C30H47N5. The SMILES string of the molecule is C=CC(=C(C)C)c1ccc2c(n1)CC(=Nc1cc(CN3CCCC3C)ccn1)N2.CC.CC.CC. The molecule has 5 nitrogen and oxygen atoms in total. The van der Waals surface area contributed by atoms with Gasteiger partial charge in [-0.15, -0.1) is 0 Å². The molecule has 0 bridgehead atoms. The molecule has 2 aromatic rings. The monoisotopic (exact) mass is 477 g/mol. The maximum Gasteiger partial charge on any atom is 0.154 e. The van der Waals surface area contributed by atoms with Crippen molar-refractivity contribution in [2.75, 3.05) is 11.9 Å². The Bertz CT molecular complexity index is 986. The van der Waals surface area contributed by atoms with E-state index in [9.17, 15) is 0 Å². The highest BCUT2D eigenvalue weighted by molar-refractivity contribution is 6.03. The topological polar surface area (TPSA) is 53.4 Å². The predicted molar refractivity (Wildman–Crippen MR) is 155 cm³/mol. The van der Waals surface area contributed by atoms with E-state index in [1.165, 1.54) is 30.5 Å². The van der Waals surface area contributed by atoms with Gasteiger partial charge in [0.2, 0.25) is 0 Å². The van der Waals surface area contributed by atoms with Crippen molar-refractivity contribution < 1.29 is 0 Å². The van der Waals surface area contributed by atoms with Gasteiger partial charge in [-0.2, -0.15) is 0 Å². The van der Waals surface area contributed by atoms with Crippen LogP contribution in [0.5, 0.6) is 0 Å². The second-order valence-corrected chi connectivity index (χ2v) is 8.15. The summed E-state index contributed by atoms with van der Waals surface area (Å²) in [5, 5.41) is 3.39. The number of pyridine rings is 2. The molecule has 0 amide bonds. The van der Waals surface area contributed by atoms with Crippen LogP contribution in [-0.4, -0.2) is 33.3 Å². The summed E-state index contributed by atoms with van der Waals surface area (Å²) in [6, 6.07) is 8.96. The van der Waals surface area contributed by atoms with Crippen molar-refractivity contribution in [3.63, 3.8) is 0 Å². The van der Waals surface area contributed by atoms with Gasteiger partial charge < -0.3 is 5.32 Å². The first-order chi connectivity index (χ1) is 17.0. The summed E-state index contributed by atoms with van der Waals surface area (Å²) in [5.41, 5.74) is 6.56. The first kappa shape index (κ1) is 30.2. The highest BCUT2D eigenvalue weighted by Crippen LogP contribution is 2.27. The largest absolute Gasteiger partial charge is 0.342 e. The van der Waals surface area contributed by atoms with E-state index in [-0.39, 0.29) is 0 Å². The van der Waals surface area contributed by atoms with E-state index in [1.807, 2.05) is 59.9 Å². The Balaban J connectivity index is 0.000000949. The number of likely N-dealkylation sites (tertiary alicyclic amines) is 1.